The van der Waals surface area contributed by atoms with Crippen molar-refractivity contribution in [2.75, 3.05) is 12.4 Å². The van der Waals surface area contributed by atoms with Gasteiger partial charge in [-0.05, 0) is 28.1 Å². The van der Waals surface area contributed by atoms with Gasteiger partial charge in [0.25, 0.3) is 0 Å². The van der Waals surface area contributed by atoms with Gasteiger partial charge in [0, 0.05) is 29.7 Å². The molecule has 0 atom stereocenters. The van der Waals surface area contributed by atoms with Crippen LogP contribution in [0, 0.1) is 11.6 Å². The standard InChI is InChI=1S/C13H10BrF2N3S/c1-17-12-7-4-20-5-9(7)18-13(19-12)6-2-3-8(15)11(16)10(6)14/h2-3H,4-5H2,1H3,(H,17,18,19). The molecule has 20 heavy (non-hydrogen) atoms. The van der Waals surface area contributed by atoms with Crippen LogP contribution in [0.25, 0.3) is 11.4 Å². The Morgan fingerprint density at radius 1 is 1.25 bits per heavy atom. The van der Waals surface area contributed by atoms with Gasteiger partial charge in [-0.3, -0.25) is 0 Å². The van der Waals surface area contributed by atoms with Crippen molar-refractivity contribution in [2.24, 2.45) is 0 Å². The summed E-state index contributed by atoms with van der Waals surface area (Å²) in [5.74, 6) is 0.983. The van der Waals surface area contributed by atoms with E-state index in [1.807, 2.05) is 0 Å². The van der Waals surface area contributed by atoms with Crippen LogP contribution in [0.2, 0.25) is 0 Å². The lowest BCUT2D eigenvalue weighted by molar-refractivity contribution is 0.504. The third kappa shape index (κ3) is 2.18. The number of thioether (sulfide) groups is 1. The first-order valence-corrected chi connectivity index (χ1v) is 7.85. The Bertz CT molecular complexity index is 694. The van der Waals surface area contributed by atoms with Crippen LogP contribution in [-0.4, -0.2) is 17.0 Å². The maximum absolute atomic E-state index is 13.6. The summed E-state index contributed by atoms with van der Waals surface area (Å²) in [5.41, 5.74) is 2.47. The lowest BCUT2D eigenvalue weighted by Crippen LogP contribution is -2.04. The fraction of sp³-hybridized carbons (Fsp3) is 0.231. The number of hydrogen-bond donors (Lipinski definition) is 1. The number of hydrogen-bond acceptors (Lipinski definition) is 4. The largest absolute Gasteiger partial charge is 0.373 e. The molecule has 3 nitrogen and oxygen atoms in total. The van der Waals surface area contributed by atoms with E-state index in [0.29, 0.717) is 11.4 Å². The Morgan fingerprint density at radius 2 is 2.05 bits per heavy atom. The van der Waals surface area contributed by atoms with Gasteiger partial charge in [0.15, 0.2) is 17.5 Å². The van der Waals surface area contributed by atoms with E-state index < -0.39 is 11.6 Å². The quantitative estimate of drug-likeness (QED) is 0.825. The van der Waals surface area contributed by atoms with Gasteiger partial charge >= 0.3 is 0 Å². The van der Waals surface area contributed by atoms with Crippen LogP contribution in [0.4, 0.5) is 14.6 Å². The molecule has 2 aromatic rings. The van der Waals surface area contributed by atoms with E-state index in [4.69, 9.17) is 0 Å². The number of nitrogens with one attached hydrogen (secondary N) is 1. The van der Waals surface area contributed by atoms with Crippen LogP contribution in [0.3, 0.4) is 0 Å². The molecule has 0 amide bonds. The van der Waals surface area contributed by atoms with Crippen LogP contribution in [-0.2, 0) is 11.5 Å². The fourth-order valence-corrected chi connectivity index (χ4v) is 3.62. The highest BCUT2D eigenvalue weighted by atomic mass is 79.9. The second kappa shape index (κ2) is 5.29. The van der Waals surface area contributed by atoms with Crippen LogP contribution in [0.5, 0.6) is 0 Å². The van der Waals surface area contributed by atoms with Crippen LogP contribution >= 0.6 is 27.7 Å². The monoisotopic (exact) mass is 357 g/mol. The number of nitrogens with zero attached hydrogens (tertiary/aromatic N) is 2. The highest BCUT2D eigenvalue weighted by molar-refractivity contribution is 9.10. The highest BCUT2D eigenvalue weighted by Crippen LogP contribution is 2.36. The predicted octanol–water partition coefficient (Wildman–Crippen LogP) is 3.97. The maximum Gasteiger partial charge on any atom is 0.173 e. The van der Waals surface area contributed by atoms with Crippen LogP contribution < -0.4 is 5.32 Å². The SMILES string of the molecule is CNc1nc(-c2ccc(F)c(F)c2Br)nc2c1CSC2. The first-order chi connectivity index (χ1) is 9.61. The summed E-state index contributed by atoms with van der Waals surface area (Å²) >= 11 is 4.83. The van der Waals surface area contributed by atoms with Crippen molar-refractivity contribution >= 4 is 33.5 Å². The third-order valence-electron chi connectivity index (χ3n) is 3.09. The molecule has 0 unspecified atom stereocenters. The molecule has 2 heterocycles. The Labute approximate surface area is 127 Å². The van der Waals surface area contributed by atoms with Crippen molar-refractivity contribution in [2.45, 2.75) is 11.5 Å². The van der Waals surface area contributed by atoms with Gasteiger partial charge in [0.1, 0.15) is 5.82 Å². The topological polar surface area (TPSA) is 37.8 Å². The summed E-state index contributed by atoms with van der Waals surface area (Å²) in [5, 5.41) is 3.04. The molecule has 1 aromatic heterocycles. The first-order valence-electron chi connectivity index (χ1n) is 5.91. The van der Waals surface area contributed by atoms with Crippen molar-refractivity contribution in [3.63, 3.8) is 0 Å². The highest BCUT2D eigenvalue weighted by Gasteiger charge is 2.21. The van der Waals surface area contributed by atoms with E-state index in [2.05, 4.69) is 31.2 Å². The molecule has 3 rings (SSSR count). The summed E-state index contributed by atoms with van der Waals surface area (Å²) in [6.07, 6.45) is 0. The van der Waals surface area contributed by atoms with Crippen LogP contribution in [0.1, 0.15) is 11.3 Å². The van der Waals surface area contributed by atoms with Gasteiger partial charge in [-0.15, -0.1) is 0 Å². The molecule has 7 heteroatoms. The Kier molecular flexibility index (Phi) is 3.64. The Morgan fingerprint density at radius 3 is 2.80 bits per heavy atom. The molecule has 0 bridgehead atoms. The second-order valence-corrected chi connectivity index (χ2v) is 6.07. The number of benzene rings is 1. The van der Waals surface area contributed by atoms with Gasteiger partial charge in [-0.1, -0.05) is 0 Å². The lowest BCUT2D eigenvalue weighted by atomic mass is 10.1. The zero-order valence-electron chi connectivity index (χ0n) is 10.5. The molecule has 0 radical (unpaired) electrons. The second-order valence-electron chi connectivity index (χ2n) is 4.29. The minimum absolute atomic E-state index is 0.0464. The summed E-state index contributed by atoms with van der Waals surface area (Å²) in [7, 11) is 1.79. The average Bonchev–Trinajstić information content (AvgIpc) is 2.92. The smallest absolute Gasteiger partial charge is 0.173 e. The van der Waals surface area contributed by atoms with E-state index in [9.17, 15) is 8.78 Å². The molecule has 104 valence electrons. The van der Waals surface area contributed by atoms with Gasteiger partial charge in [-0.25, -0.2) is 18.7 Å². The van der Waals surface area contributed by atoms with Gasteiger partial charge in [-0.2, -0.15) is 11.8 Å². The number of fused-ring (bicyclic) bond motifs is 1. The summed E-state index contributed by atoms with van der Waals surface area (Å²) in [6.45, 7) is 0. The molecule has 0 saturated heterocycles. The molecule has 0 spiro atoms. The molecular weight excluding hydrogens is 348 g/mol. The normalized spacial score (nSPS) is 13.4. The van der Waals surface area contributed by atoms with E-state index in [1.54, 1.807) is 18.8 Å². The molecule has 0 fully saturated rings. The van der Waals surface area contributed by atoms with Gasteiger partial charge in [0.2, 0.25) is 0 Å². The zero-order valence-corrected chi connectivity index (χ0v) is 12.9. The van der Waals surface area contributed by atoms with Crippen molar-refractivity contribution in [1.82, 2.24) is 9.97 Å². The molecule has 1 N–H and O–H groups in total. The zero-order chi connectivity index (χ0) is 14.3. The van der Waals surface area contributed by atoms with Crippen molar-refractivity contribution in [3.05, 3.63) is 39.5 Å². The predicted molar refractivity (Wildman–Crippen MR) is 79.6 cm³/mol. The first kappa shape index (κ1) is 13.8. The number of rotatable bonds is 2. The molecule has 1 aliphatic rings. The van der Waals surface area contributed by atoms with E-state index in [0.717, 1.165) is 34.6 Å². The third-order valence-corrected chi connectivity index (χ3v) is 4.84. The lowest BCUT2D eigenvalue weighted by Gasteiger charge is -2.10. The number of aromatic nitrogens is 2. The Balaban J connectivity index is 2.18. The van der Waals surface area contributed by atoms with Crippen molar-refractivity contribution in [1.29, 1.82) is 0 Å². The summed E-state index contributed by atoms with van der Waals surface area (Å²) in [6, 6.07) is 2.56. The summed E-state index contributed by atoms with van der Waals surface area (Å²) in [4.78, 5) is 8.88. The van der Waals surface area contributed by atoms with Crippen molar-refractivity contribution < 1.29 is 8.78 Å². The number of anilines is 1. The average molecular weight is 358 g/mol. The minimum atomic E-state index is -0.924. The fourth-order valence-electron chi connectivity index (χ4n) is 2.08. The van der Waals surface area contributed by atoms with E-state index >= 15 is 0 Å². The van der Waals surface area contributed by atoms with Crippen molar-refractivity contribution in [3.8, 4) is 11.4 Å². The van der Waals surface area contributed by atoms with Gasteiger partial charge in [0.05, 0.1) is 10.2 Å². The van der Waals surface area contributed by atoms with E-state index in [-0.39, 0.29) is 4.47 Å². The minimum Gasteiger partial charge on any atom is -0.373 e. The van der Waals surface area contributed by atoms with Gasteiger partial charge < -0.3 is 5.32 Å². The Hall–Kier alpha value is -1.21. The van der Waals surface area contributed by atoms with Crippen LogP contribution in [0.15, 0.2) is 16.6 Å². The molecule has 1 aliphatic heterocycles. The number of halogens is 3. The maximum atomic E-state index is 13.6. The molecular formula is C13H10BrF2N3S. The molecule has 0 saturated carbocycles. The van der Waals surface area contributed by atoms with E-state index in [1.165, 1.54) is 6.07 Å². The molecule has 1 aromatic carbocycles. The molecule has 0 aliphatic carbocycles. The summed E-state index contributed by atoms with van der Waals surface area (Å²) < 4.78 is 26.9.